The average molecular weight is 156 g/mol. The van der Waals surface area contributed by atoms with E-state index in [9.17, 15) is 9.59 Å². The van der Waals surface area contributed by atoms with Crippen molar-refractivity contribution < 1.29 is 19.8 Å². The van der Waals surface area contributed by atoms with E-state index in [1.165, 1.54) is 0 Å². The number of aliphatic hydroxyl groups is 1. The molecule has 0 radical (unpaired) electrons. The zero-order valence-electron chi connectivity index (χ0n) is 5.78. The molecule has 0 saturated heterocycles. The van der Waals surface area contributed by atoms with Gasteiger partial charge >= 0.3 is 5.97 Å². The van der Waals surface area contributed by atoms with Crippen LogP contribution in [0.5, 0.6) is 0 Å². The normalized spacial score (nSPS) is 18.0. The van der Waals surface area contributed by atoms with E-state index < -0.39 is 11.7 Å². The molecule has 2 N–H and O–H groups in total. The van der Waals surface area contributed by atoms with Crippen LogP contribution in [0.2, 0.25) is 0 Å². The van der Waals surface area contributed by atoms with Gasteiger partial charge in [-0.05, 0) is 12.8 Å². The number of aliphatic carboxylic acids is 1. The number of carbonyl (C=O) groups is 2. The lowest BCUT2D eigenvalue weighted by molar-refractivity contribution is -0.136. The Balaban J connectivity index is 2.55. The minimum atomic E-state index is -1.46. The van der Waals surface area contributed by atoms with Gasteiger partial charge in [0.25, 0.3) is 0 Å². The third kappa shape index (κ3) is 2.07. The summed E-state index contributed by atoms with van der Waals surface area (Å²) in [7, 11) is 0. The minimum Gasteiger partial charge on any atom is -0.502 e. The van der Waals surface area contributed by atoms with E-state index in [4.69, 9.17) is 10.2 Å². The maximum atomic E-state index is 10.8. The van der Waals surface area contributed by atoms with Gasteiger partial charge in [0.05, 0.1) is 0 Å². The van der Waals surface area contributed by atoms with Gasteiger partial charge in [0.1, 0.15) is 0 Å². The van der Waals surface area contributed by atoms with E-state index in [2.05, 4.69) is 0 Å². The van der Waals surface area contributed by atoms with Gasteiger partial charge in [0, 0.05) is 12.0 Å². The molecule has 0 aromatic rings. The second-order valence-corrected chi connectivity index (χ2v) is 2.51. The number of hydrogen-bond donors (Lipinski definition) is 2. The summed E-state index contributed by atoms with van der Waals surface area (Å²) in [5.74, 6) is -2.66. The second kappa shape index (κ2) is 2.74. The Labute approximate surface area is 63.1 Å². The van der Waals surface area contributed by atoms with Gasteiger partial charge in [-0.1, -0.05) is 0 Å². The molecule has 4 heteroatoms. The Morgan fingerprint density at radius 1 is 1.27 bits per heavy atom. The molecule has 0 unspecified atom stereocenters. The van der Waals surface area contributed by atoms with Crippen LogP contribution in [0.4, 0.5) is 0 Å². The van der Waals surface area contributed by atoms with Gasteiger partial charge in [0.15, 0.2) is 5.78 Å². The van der Waals surface area contributed by atoms with Gasteiger partial charge < -0.3 is 10.2 Å². The van der Waals surface area contributed by atoms with Crippen LogP contribution in [0.1, 0.15) is 12.8 Å². The van der Waals surface area contributed by atoms with Crippen LogP contribution in [-0.2, 0) is 9.59 Å². The topological polar surface area (TPSA) is 74.6 Å². The molecule has 11 heavy (non-hydrogen) atoms. The maximum Gasteiger partial charge on any atom is 0.371 e. The number of carboxylic acid groups (broad SMARTS) is 1. The average Bonchev–Trinajstić information content (AvgIpc) is 2.67. The van der Waals surface area contributed by atoms with Crippen LogP contribution in [0, 0.1) is 5.92 Å². The molecule has 0 aliphatic heterocycles. The molecule has 0 bridgehead atoms. The van der Waals surface area contributed by atoms with E-state index in [1.54, 1.807) is 0 Å². The van der Waals surface area contributed by atoms with Crippen molar-refractivity contribution in [3.63, 3.8) is 0 Å². The molecule has 0 heterocycles. The Morgan fingerprint density at radius 3 is 2.18 bits per heavy atom. The summed E-state index contributed by atoms with van der Waals surface area (Å²) in [5, 5.41) is 16.8. The number of ketones is 1. The molecule has 0 atom stereocenters. The van der Waals surface area contributed by atoms with E-state index in [0.717, 1.165) is 18.9 Å². The molecule has 1 fully saturated rings. The summed E-state index contributed by atoms with van der Waals surface area (Å²) in [6, 6.07) is 0. The Kier molecular flexibility index (Phi) is 1.94. The zero-order chi connectivity index (χ0) is 8.43. The molecule has 1 saturated carbocycles. The predicted molar refractivity (Wildman–Crippen MR) is 36.1 cm³/mol. The highest BCUT2D eigenvalue weighted by molar-refractivity contribution is 5.99. The molecule has 0 aromatic carbocycles. The SMILES string of the molecule is O=C(O)C(O)=CC(=O)C1CC1. The van der Waals surface area contributed by atoms with Crippen LogP contribution in [-0.4, -0.2) is 22.0 Å². The van der Waals surface area contributed by atoms with Gasteiger partial charge in [0.2, 0.25) is 5.76 Å². The van der Waals surface area contributed by atoms with Crippen molar-refractivity contribution in [3.05, 3.63) is 11.8 Å². The highest BCUT2D eigenvalue weighted by Crippen LogP contribution is 2.30. The van der Waals surface area contributed by atoms with Crippen molar-refractivity contribution in [3.8, 4) is 0 Å². The fourth-order valence-corrected chi connectivity index (χ4v) is 0.682. The molecule has 4 nitrogen and oxygen atoms in total. The first kappa shape index (κ1) is 7.78. The second-order valence-electron chi connectivity index (χ2n) is 2.51. The molecular formula is C7H8O4. The smallest absolute Gasteiger partial charge is 0.371 e. The molecule has 1 rings (SSSR count). The van der Waals surface area contributed by atoms with Crippen molar-refractivity contribution in [2.75, 3.05) is 0 Å². The van der Waals surface area contributed by atoms with E-state index in [-0.39, 0.29) is 11.7 Å². The third-order valence-corrected chi connectivity index (χ3v) is 1.48. The standard InChI is InChI=1S/C7H8O4/c8-5(4-1-2-4)3-6(9)7(10)11/h3-4,9H,1-2H2,(H,10,11). The van der Waals surface area contributed by atoms with Crippen LogP contribution in [0.15, 0.2) is 11.8 Å². The fraction of sp³-hybridized carbons (Fsp3) is 0.429. The van der Waals surface area contributed by atoms with Crippen LogP contribution in [0.3, 0.4) is 0 Å². The highest BCUT2D eigenvalue weighted by atomic mass is 16.4. The van der Waals surface area contributed by atoms with E-state index in [0.29, 0.717) is 0 Å². The maximum absolute atomic E-state index is 10.8. The van der Waals surface area contributed by atoms with Crippen molar-refractivity contribution in [2.45, 2.75) is 12.8 Å². The van der Waals surface area contributed by atoms with Gasteiger partial charge in [-0.3, -0.25) is 4.79 Å². The Morgan fingerprint density at radius 2 is 1.82 bits per heavy atom. The summed E-state index contributed by atoms with van der Waals surface area (Å²) in [4.78, 5) is 20.8. The first-order chi connectivity index (χ1) is 5.11. The molecule has 0 spiro atoms. The van der Waals surface area contributed by atoms with Crippen LogP contribution >= 0.6 is 0 Å². The fourth-order valence-electron chi connectivity index (χ4n) is 0.682. The monoisotopic (exact) mass is 156 g/mol. The number of carbonyl (C=O) groups excluding carboxylic acids is 1. The largest absolute Gasteiger partial charge is 0.502 e. The summed E-state index contributed by atoms with van der Waals surface area (Å²) in [6.45, 7) is 0. The van der Waals surface area contributed by atoms with Gasteiger partial charge in [-0.25, -0.2) is 4.79 Å². The minimum absolute atomic E-state index is 0.0449. The quantitative estimate of drug-likeness (QED) is 0.460. The van der Waals surface area contributed by atoms with Gasteiger partial charge in [-0.2, -0.15) is 0 Å². The van der Waals surface area contributed by atoms with Gasteiger partial charge in [-0.15, -0.1) is 0 Å². The molecule has 1 aliphatic carbocycles. The number of rotatable bonds is 3. The van der Waals surface area contributed by atoms with Crippen molar-refractivity contribution in [1.82, 2.24) is 0 Å². The zero-order valence-corrected chi connectivity index (χ0v) is 5.78. The summed E-state index contributed by atoms with van der Waals surface area (Å²) < 4.78 is 0. The molecule has 60 valence electrons. The highest BCUT2D eigenvalue weighted by Gasteiger charge is 2.28. The molecule has 0 aromatic heterocycles. The van der Waals surface area contributed by atoms with Crippen LogP contribution < -0.4 is 0 Å². The summed E-state index contributed by atoms with van der Waals surface area (Å²) in [6.07, 6.45) is 2.39. The van der Waals surface area contributed by atoms with Crippen molar-refractivity contribution in [1.29, 1.82) is 0 Å². The number of aliphatic hydroxyl groups excluding tert-OH is 1. The predicted octanol–water partition coefficient (Wildman–Crippen LogP) is 0.492. The van der Waals surface area contributed by atoms with Crippen molar-refractivity contribution >= 4 is 11.8 Å². The number of allylic oxidation sites excluding steroid dienone is 1. The molecule has 0 amide bonds. The summed E-state index contributed by atoms with van der Waals surface area (Å²) >= 11 is 0. The lowest BCUT2D eigenvalue weighted by Crippen LogP contribution is -2.04. The third-order valence-electron chi connectivity index (χ3n) is 1.48. The summed E-state index contributed by atoms with van der Waals surface area (Å²) in [5.41, 5.74) is 0. The molecule has 1 aliphatic rings. The lowest BCUT2D eigenvalue weighted by Gasteiger charge is -1.90. The first-order valence-corrected chi connectivity index (χ1v) is 3.29. The van der Waals surface area contributed by atoms with Crippen LogP contribution in [0.25, 0.3) is 0 Å². The van der Waals surface area contributed by atoms with E-state index in [1.807, 2.05) is 0 Å². The van der Waals surface area contributed by atoms with Crippen molar-refractivity contribution in [2.24, 2.45) is 5.92 Å². The Bertz CT molecular complexity index is 225. The lowest BCUT2D eigenvalue weighted by atomic mass is 10.2. The Hall–Kier alpha value is -1.32. The molecular weight excluding hydrogens is 148 g/mol. The number of hydrogen-bond acceptors (Lipinski definition) is 3. The number of carboxylic acids is 1. The van der Waals surface area contributed by atoms with E-state index >= 15 is 0 Å². The first-order valence-electron chi connectivity index (χ1n) is 3.29.